The van der Waals surface area contributed by atoms with Crippen LogP contribution in [0.3, 0.4) is 0 Å². The number of aryl methyl sites for hydroxylation is 1. The van der Waals surface area contributed by atoms with Gasteiger partial charge in [-0.2, -0.15) is 0 Å². The molecule has 0 aliphatic rings. The number of thioether (sulfide) groups is 1. The lowest BCUT2D eigenvalue weighted by molar-refractivity contribution is -0.138. The predicted octanol–water partition coefficient (Wildman–Crippen LogP) is 5.09. The first-order valence-electron chi connectivity index (χ1n) is 9.46. The number of amides is 2. The van der Waals surface area contributed by atoms with Crippen LogP contribution in [-0.2, 0) is 21.9 Å². The van der Waals surface area contributed by atoms with E-state index >= 15 is 0 Å². The lowest BCUT2D eigenvalue weighted by Gasteiger charge is -2.28. The molecule has 0 saturated carbocycles. The van der Waals surface area contributed by atoms with Crippen LogP contribution in [0.25, 0.3) is 0 Å². The van der Waals surface area contributed by atoms with E-state index < -0.39 is 6.04 Å². The van der Waals surface area contributed by atoms with Crippen molar-refractivity contribution >= 4 is 46.8 Å². The summed E-state index contributed by atoms with van der Waals surface area (Å²) in [6.45, 7) is 6.45. The number of nitrogens with one attached hydrogen (secondary N) is 1. The second-order valence-electron chi connectivity index (χ2n) is 6.82. The molecule has 0 fully saturated rings. The number of benzene rings is 2. The minimum atomic E-state index is -0.586. The van der Waals surface area contributed by atoms with Gasteiger partial charge < -0.3 is 10.2 Å². The summed E-state index contributed by atoms with van der Waals surface area (Å²) in [7, 11) is 0. The minimum Gasteiger partial charge on any atom is -0.355 e. The van der Waals surface area contributed by atoms with Crippen LogP contribution in [0.4, 0.5) is 0 Å². The highest BCUT2D eigenvalue weighted by Crippen LogP contribution is 2.24. The molecule has 0 bridgehead atoms. The van der Waals surface area contributed by atoms with Gasteiger partial charge in [0.1, 0.15) is 6.04 Å². The zero-order chi connectivity index (χ0) is 21.4. The van der Waals surface area contributed by atoms with E-state index in [-0.39, 0.29) is 11.8 Å². The quantitative estimate of drug-likeness (QED) is 0.576. The first-order valence-corrected chi connectivity index (χ1v) is 11.4. The monoisotopic (exact) mass is 452 g/mol. The normalized spacial score (nSPS) is 11.8. The van der Waals surface area contributed by atoms with Crippen LogP contribution in [-0.4, -0.2) is 35.1 Å². The Kier molecular flexibility index (Phi) is 9.34. The van der Waals surface area contributed by atoms with Gasteiger partial charge in [-0.05, 0) is 44.0 Å². The van der Waals surface area contributed by atoms with Gasteiger partial charge in [0, 0.05) is 18.8 Å². The molecule has 7 heteroatoms. The summed E-state index contributed by atoms with van der Waals surface area (Å²) in [5.41, 5.74) is 3.20. The van der Waals surface area contributed by atoms with Crippen molar-refractivity contribution in [2.75, 3.05) is 12.3 Å². The molecule has 2 rings (SSSR count). The molecule has 2 aromatic carbocycles. The number of halogens is 2. The lowest BCUT2D eigenvalue weighted by atomic mass is 10.1. The van der Waals surface area contributed by atoms with Gasteiger partial charge in [0.05, 0.1) is 15.8 Å². The van der Waals surface area contributed by atoms with Gasteiger partial charge in [-0.1, -0.05) is 59.1 Å². The van der Waals surface area contributed by atoms with Gasteiger partial charge in [-0.25, -0.2) is 0 Å². The highest BCUT2D eigenvalue weighted by atomic mass is 35.5. The van der Waals surface area contributed by atoms with Crippen LogP contribution in [0.15, 0.2) is 42.5 Å². The summed E-state index contributed by atoms with van der Waals surface area (Å²) in [6.07, 6.45) is 0. The van der Waals surface area contributed by atoms with E-state index in [1.165, 1.54) is 22.9 Å². The first-order chi connectivity index (χ1) is 13.8. The maximum atomic E-state index is 13.0. The van der Waals surface area contributed by atoms with Crippen LogP contribution < -0.4 is 5.32 Å². The fraction of sp³-hybridized carbons (Fsp3) is 0.364. The second kappa shape index (κ2) is 11.5. The van der Waals surface area contributed by atoms with Gasteiger partial charge in [0.2, 0.25) is 11.8 Å². The standard InChI is InChI=1S/C22H26Cl2N2O2S/c1-4-25-22(28)16(3)26(12-18-9-10-19(23)20(24)11-18)21(27)14-29-13-17-7-5-15(2)6-8-17/h5-11,16H,4,12-14H2,1-3H3,(H,25,28)/t16-/m1/s1. The third kappa shape index (κ3) is 7.25. The summed E-state index contributed by atoms with van der Waals surface area (Å²) in [6, 6.07) is 12.9. The Morgan fingerprint density at radius 3 is 2.34 bits per heavy atom. The van der Waals surface area contributed by atoms with Crippen LogP contribution in [0.5, 0.6) is 0 Å². The average Bonchev–Trinajstić information content (AvgIpc) is 2.69. The molecule has 0 saturated heterocycles. The topological polar surface area (TPSA) is 49.4 Å². The smallest absolute Gasteiger partial charge is 0.242 e. The summed E-state index contributed by atoms with van der Waals surface area (Å²) >= 11 is 13.6. The van der Waals surface area contributed by atoms with Gasteiger partial charge in [-0.3, -0.25) is 9.59 Å². The Bertz CT molecular complexity index is 843. The van der Waals surface area contributed by atoms with Crippen LogP contribution >= 0.6 is 35.0 Å². The van der Waals surface area contributed by atoms with Crippen molar-refractivity contribution < 1.29 is 9.59 Å². The van der Waals surface area contributed by atoms with E-state index in [0.717, 1.165) is 11.3 Å². The molecule has 0 spiro atoms. The molecular weight excluding hydrogens is 427 g/mol. The molecule has 29 heavy (non-hydrogen) atoms. The zero-order valence-electron chi connectivity index (χ0n) is 16.9. The number of carbonyl (C=O) groups is 2. The van der Waals surface area contributed by atoms with E-state index in [1.54, 1.807) is 24.0 Å². The Morgan fingerprint density at radius 2 is 1.72 bits per heavy atom. The molecule has 1 N–H and O–H groups in total. The predicted molar refractivity (Wildman–Crippen MR) is 122 cm³/mol. The molecule has 0 aliphatic heterocycles. The molecule has 156 valence electrons. The summed E-state index contributed by atoms with van der Waals surface area (Å²) < 4.78 is 0. The summed E-state index contributed by atoms with van der Waals surface area (Å²) in [5.74, 6) is 0.762. The minimum absolute atomic E-state index is 0.0908. The van der Waals surface area contributed by atoms with Crippen molar-refractivity contribution in [2.45, 2.75) is 39.1 Å². The average molecular weight is 453 g/mol. The van der Waals surface area contributed by atoms with Gasteiger partial charge >= 0.3 is 0 Å². The number of hydrogen-bond acceptors (Lipinski definition) is 3. The van der Waals surface area contributed by atoms with E-state index in [9.17, 15) is 9.59 Å². The molecule has 4 nitrogen and oxygen atoms in total. The fourth-order valence-electron chi connectivity index (χ4n) is 2.76. The number of carbonyl (C=O) groups excluding carboxylic acids is 2. The summed E-state index contributed by atoms with van der Waals surface area (Å²) in [4.78, 5) is 26.9. The maximum Gasteiger partial charge on any atom is 0.242 e. The third-order valence-electron chi connectivity index (χ3n) is 4.47. The number of rotatable bonds is 9. The fourth-order valence-corrected chi connectivity index (χ4v) is 3.95. The maximum absolute atomic E-state index is 13.0. The molecule has 0 aliphatic carbocycles. The van der Waals surface area contributed by atoms with Crippen LogP contribution in [0, 0.1) is 6.92 Å². The second-order valence-corrected chi connectivity index (χ2v) is 8.62. The van der Waals surface area contributed by atoms with Crippen molar-refractivity contribution in [2.24, 2.45) is 0 Å². The molecule has 2 amide bonds. The van der Waals surface area contributed by atoms with Gasteiger partial charge in [0.15, 0.2) is 0 Å². The largest absolute Gasteiger partial charge is 0.355 e. The van der Waals surface area contributed by atoms with Crippen LogP contribution in [0.1, 0.15) is 30.5 Å². The molecule has 0 radical (unpaired) electrons. The molecule has 0 unspecified atom stereocenters. The lowest BCUT2D eigenvalue weighted by Crippen LogP contribution is -2.48. The Morgan fingerprint density at radius 1 is 1.07 bits per heavy atom. The van der Waals surface area contributed by atoms with Crippen molar-refractivity contribution in [1.82, 2.24) is 10.2 Å². The van der Waals surface area contributed by atoms with Crippen molar-refractivity contribution in [3.63, 3.8) is 0 Å². The SMILES string of the molecule is CCNC(=O)[C@@H](C)N(Cc1ccc(Cl)c(Cl)c1)C(=O)CSCc1ccc(C)cc1. The van der Waals surface area contributed by atoms with E-state index in [1.807, 2.05) is 19.9 Å². The van der Waals surface area contributed by atoms with E-state index in [4.69, 9.17) is 23.2 Å². The highest BCUT2D eigenvalue weighted by molar-refractivity contribution is 7.99. The Balaban J connectivity index is 2.07. The third-order valence-corrected chi connectivity index (χ3v) is 6.20. The zero-order valence-corrected chi connectivity index (χ0v) is 19.2. The van der Waals surface area contributed by atoms with Crippen LogP contribution in [0.2, 0.25) is 10.0 Å². The number of hydrogen-bond donors (Lipinski definition) is 1. The summed E-state index contributed by atoms with van der Waals surface area (Å²) in [5, 5.41) is 3.67. The number of likely N-dealkylation sites (N-methyl/N-ethyl adjacent to an activating group) is 1. The van der Waals surface area contributed by atoms with Crippen molar-refractivity contribution in [1.29, 1.82) is 0 Å². The van der Waals surface area contributed by atoms with Gasteiger partial charge in [0.25, 0.3) is 0 Å². The molecule has 2 aromatic rings. The first kappa shape index (κ1) is 23.6. The molecule has 0 aromatic heterocycles. The Hall–Kier alpha value is -1.69. The van der Waals surface area contributed by atoms with E-state index in [0.29, 0.717) is 28.9 Å². The highest BCUT2D eigenvalue weighted by Gasteiger charge is 2.25. The van der Waals surface area contributed by atoms with Crippen molar-refractivity contribution in [3.05, 3.63) is 69.2 Å². The van der Waals surface area contributed by atoms with Crippen molar-refractivity contribution in [3.8, 4) is 0 Å². The molecular formula is C22H26Cl2N2O2S. The molecule has 1 atom stereocenters. The number of nitrogens with zero attached hydrogens (tertiary/aromatic N) is 1. The Labute approximate surface area is 187 Å². The van der Waals surface area contributed by atoms with E-state index in [2.05, 4.69) is 29.6 Å². The van der Waals surface area contributed by atoms with Gasteiger partial charge in [-0.15, -0.1) is 11.8 Å². The molecule has 0 heterocycles.